The van der Waals surface area contributed by atoms with Crippen LogP contribution in [0.1, 0.15) is 0 Å². The van der Waals surface area contributed by atoms with Gasteiger partial charge in [0, 0.05) is 20.2 Å². The number of benzene rings is 1. The molecular weight excluding hydrogens is 246 g/mol. The molecule has 0 heterocycles. The van der Waals surface area contributed by atoms with Crippen LogP contribution in [0.4, 0.5) is 0 Å². The number of methoxy groups -OCH3 is 1. The molecule has 5 heteroatoms. The monoisotopic (exact) mass is 269 g/mol. The molecule has 0 bridgehead atoms. The summed E-state index contributed by atoms with van der Waals surface area (Å²) in [6, 6.07) is 9.58. The van der Waals surface area contributed by atoms with E-state index in [9.17, 15) is 5.11 Å². The second-order valence-electron chi connectivity index (χ2n) is 4.09. The molecule has 1 aromatic rings. The van der Waals surface area contributed by atoms with Gasteiger partial charge in [0.2, 0.25) is 0 Å². The number of ether oxygens (including phenoxy) is 3. The van der Waals surface area contributed by atoms with Crippen LogP contribution in [0.2, 0.25) is 0 Å². The molecule has 0 radical (unpaired) electrons. The smallest absolute Gasteiger partial charge is 0.119 e. The van der Waals surface area contributed by atoms with Crippen molar-refractivity contribution in [2.75, 3.05) is 46.6 Å². The van der Waals surface area contributed by atoms with E-state index in [4.69, 9.17) is 14.2 Å². The van der Waals surface area contributed by atoms with Crippen molar-refractivity contribution in [3.8, 4) is 5.75 Å². The number of hydrogen-bond donors (Lipinski definition) is 2. The van der Waals surface area contributed by atoms with E-state index in [0.717, 1.165) is 12.3 Å². The molecule has 0 amide bonds. The van der Waals surface area contributed by atoms with E-state index in [1.165, 1.54) is 0 Å². The Bertz CT molecular complexity index is 308. The maximum atomic E-state index is 9.60. The fraction of sp³-hybridized carbons (Fsp3) is 0.571. The Morgan fingerprint density at radius 1 is 1.16 bits per heavy atom. The molecule has 5 nitrogen and oxygen atoms in total. The molecule has 0 spiro atoms. The first-order valence-electron chi connectivity index (χ1n) is 6.46. The minimum Gasteiger partial charge on any atom is -0.491 e. The highest BCUT2D eigenvalue weighted by atomic mass is 16.5. The first-order chi connectivity index (χ1) is 9.33. The zero-order valence-electron chi connectivity index (χ0n) is 11.4. The molecule has 0 saturated heterocycles. The lowest BCUT2D eigenvalue weighted by atomic mass is 10.3. The van der Waals surface area contributed by atoms with Gasteiger partial charge in [0.1, 0.15) is 12.4 Å². The zero-order chi connectivity index (χ0) is 13.8. The topological polar surface area (TPSA) is 60.0 Å². The molecule has 0 aliphatic rings. The fourth-order valence-corrected chi connectivity index (χ4v) is 1.46. The average Bonchev–Trinajstić information content (AvgIpc) is 2.44. The summed E-state index contributed by atoms with van der Waals surface area (Å²) >= 11 is 0. The second-order valence-corrected chi connectivity index (χ2v) is 4.09. The van der Waals surface area contributed by atoms with Gasteiger partial charge in [-0.05, 0) is 12.1 Å². The third-order valence-electron chi connectivity index (χ3n) is 2.41. The highest BCUT2D eigenvalue weighted by Crippen LogP contribution is 2.07. The van der Waals surface area contributed by atoms with Crippen molar-refractivity contribution in [2.45, 2.75) is 6.10 Å². The molecule has 1 atom stereocenters. The standard InChI is InChI=1S/C14H23NO4/c1-17-8-7-15-11-13(16)12-18-9-10-19-14-5-3-2-4-6-14/h2-6,13,15-16H,7-12H2,1H3/t13-/m0/s1. The first-order valence-corrected chi connectivity index (χ1v) is 6.46. The van der Waals surface area contributed by atoms with E-state index < -0.39 is 6.10 Å². The fourth-order valence-electron chi connectivity index (χ4n) is 1.46. The molecule has 0 aliphatic heterocycles. The van der Waals surface area contributed by atoms with Gasteiger partial charge in [-0.15, -0.1) is 0 Å². The van der Waals surface area contributed by atoms with E-state index >= 15 is 0 Å². The van der Waals surface area contributed by atoms with Crippen LogP contribution in [0.3, 0.4) is 0 Å². The van der Waals surface area contributed by atoms with Crippen molar-refractivity contribution in [1.29, 1.82) is 0 Å². The lowest BCUT2D eigenvalue weighted by Crippen LogP contribution is -2.32. The van der Waals surface area contributed by atoms with Crippen LogP contribution in [-0.2, 0) is 9.47 Å². The molecule has 1 rings (SSSR count). The second kappa shape index (κ2) is 10.8. The van der Waals surface area contributed by atoms with Crippen LogP contribution >= 0.6 is 0 Å². The Kier molecular flexibility index (Phi) is 9.01. The lowest BCUT2D eigenvalue weighted by molar-refractivity contribution is 0.0245. The minimum absolute atomic E-state index is 0.304. The molecule has 0 aromatic heterocycles. The zero-order valence-corrected chi connectivity index (χ0v) is 11.4. The largest absolute Gasteiger partial charge is 0.491 e. The molecular formula is C14H23NO4. The van der Waals surface area contributed by atoms with E-state index in [1.54, 1.807) is 7.11 Å². The number of hydrogen-bond acceptors (Lipinski definition) is 5. The quantitative estimate of drug-likeness (QED) is 0.579. The van der Waals surface area contributed by atoms with Gasteiger partial charge < -0.3 is 24.6 Å². The van der Waals surface area contributed by atoms with Crippen molar-refractivity contribution in [2.24, 2.45) is 0 Å². The van der Waals surface area contributed by atoms with Gasteiger partial charge in [0.15, 0.2) is 0 Å². The summed E-state index contributed by atoms with van der Waals surface area (Å²) in [5, 5.41) is 12.7. The van der Waals surface area contributed by atoms with E-state index in [2.05, 4.69) is 5.32 Å². The summed E-state index contributed by atoms with van der Waals surface area (Å²) in [6.45, 7) is 3.11. The summed E-state index contributed by atoms with van der Waals surface area (Å²) in [6.07, 6.45) is -0.506. The van der Waals surface area contributed by atoms with Crippen molar-refractivity contribution in [1.82, 2.24) is 5.32 Å². The summed E-state index contributed by atoms with van der Waals surface area (Å²) < 4.78 is 15.7. The first kappa shape index (κ1) is 15.9. The number of aliphatic hydroxyl groups excluding tert-OH is 1. The number of para-hydroxylation sites is 1. The van der Waals surface area contributed by atoms with Crippen LogP contribution in [-0.4, -0.2) is 57.8 Å². The van der Waals surface area contributed by atoms with Gasteiger partial charge >= 0.3 is 0 Å². The Balaban J connectivity index is 1.92. The van der Waals surface area contributed by atoms with Crippen LogP contribution in [0.5, 0.6) is 5.75 Å². The maximum Gasteiger partial charge on any atom is 0.119 e. The van der Waals surface area contributed by atoms with Gasteiger partial charge in [-0.2, -0.15) is 0 Å². The highest BCUT2D eigenvalue weighted by molar-refractivity contribution is 5.20. The summed E-state index contributed by atoms with van der Waals surface area (Å²) in [4.78, 5) is 0. The van der Waals surface area contributed by atoms with Crippen molar-refractivity contribution in [3.63, 3.8) is 0 Å². The van der Waals surface area contributed by atoms with Crippen molar-refractivity contribution < 1.29 is 19.3 Å². The molecule has 0 unspecified atom stereocenters. The van der Waals surface area contributed by atoms with Crippen LogP contribution in [0.15, 0.2) is 30.3 Å². The molecule has 2 N–H and O–H groups in total. The normalized spacial score (nSPS) is 12.3. The Hall–Kier alpha value is -1.14. The van der Waals surface area contributed by atoms with Crippen molar-refractivity contribution >= 4 is 0 Å². The van der Waals surface area contributed by atoms with E-state index in [-0.39, 0.29) is 0 Å². The maximum absolute atomic E-state index is 9.60. The Labute approximate surface area is 114 Å². The highest BCUT2D eigenvalue weighted by Gasteiger charge is 2.03. The minimum atomic E-state index is -0.506. The molecule has 1 aromatic carbocycles. The van der Waals surface area contributed by atoms with Gasteiger partial charge in [0.05, 0.1) is 25.9 Å². The van der Waals surface area contributed by atoms with Gasteiger partial charge in [0.25, 0.3) is 0 Å². The van der Waals surface area contributed by atoms with E-state index in [1.807, 2.05) is 30.3 Å². The van der Waals surface area contributed by atoms with E-state index in [0.29, 0.717) is 33.0 Å². The third kappa shape index (κ3) is 8.56. The predicted molar refractivity (Wildman–Crippen MR) is 73.5 cm³/mol. The summed E-state index contributed by atoms with van der Waals surface area (Å²) in [5.74, 6) is 0.827. The number of nitrogens with one attached hydrogen (secondary N) is 1. The Morgan fingerprint density at radius 3 is 2.68 bits per heavy atom. The molecule has 0 aliphatic carbocycles. The molecule has 19 heavy (non-hydrogen) atoms. The Morgan fingerprint density at radius 2 is 1.95 bits per heavy atom. The van der Waals surface area contributed by atoms with Crippen LogP contribution < -0.4 is 10.1 Å². The van der Waals surface area contributed by atoms with Gasteiger partial charge in [-0.25, -0.2) is 0 Å². The third-order valence-corrected chi connectivity index (χ3v) is 2.41. The molecule has 108 valence electrons. The lowest BCUT2D eigenvalue weighted by Gasteiger charge is -2.12. The predicted octanol–water partition coefficient (Wildman–Crippen LogP) is 0.679. The van der Waals surface area contributed by atoms with Crippen molar-refractivity contribution in [3.05, 3.63) is 30.3 Å². The van der Waals surface area contributed by atoms with Gasteiger partial charge in [-0.1, -0.05) is 18.2 Å². The SMILES string of the molecule is COCCNC[C@H](O)COCCOc1ccccc1. The van der Waals surface area contributed by atoms with Crippen LogP contribution in [0, 0.1) is 0 Å². The number of rotatable bonds is 11. The number of aliphatic hydroxyl groups is 1. The molecule has 0 saturated carbocycles. The van der Waals surface area contributed by atoms with Crippen LogP contribution in [0.25, 0.3) is 0 Å². The average molecular weight is 269 g/mol. The summed E-state index contributed by atoms with van der Waals surface area (Å²) in [7, 11) is 1.65. The summed E-state index contributed by atoms with van der Waals surface area (Å²) in [5.41, 5.74) is 0. The molecule has 0 fully saturated rings. The van der Waals surface area contributed by atoms with Gasteiger partial charge in [-0.3, -0.25) is 0 Å².